The van der Waals surface area contributed by atoms with Gasteiger partial charge in [-0.2, -0.15) is 0 Å². The van der Waals surface area contributed by atoms with Crippen molar-refractivity contribution < 1.29 is 14.6 Å². The Balaban J connectivity index is 1.89. The van der Waals surface area contributed by atoms with Crippen LogP contribution in [0.2, 0.25) is 0 Å². The summed E-state index contributed by atoms with van der Waals surface area (Å²) in [6.07, 6.45) is 0.502. The predicted molar refractivity (Wildman–Crippen MR) is 82.3 cm³/mol. The second-order valence-electron chi connectivity index (χ2n) is 4.44. The van der Waals surface area contributed by atoms with Crippen molar-refractivity contribution in [1.82, 2.24) is 0 Å². The summed E-state index contributed by atoms with van der Waals surface area (Å²) in [6, 6.07) is 15.4. The molecule has 0 atom stereocenters. The molecule has 3 heteroatoms. The van der Waals surface area contributed by atoms with Crippen LogP contribution in [0.4, 0.5) is 0 Å². The molecular weight excluding hydrogens is 264 g/mol. The normalized spacial score (nSPS) is 9.62. The molecule has 0 amide bonds. The van der Waals surface area contributed by atoms with E-state index in [1.165, 1.54) is 0 Å². The largest absolute Gasteiger partial charge is 0.497 e. The van der Waals surface area contributed by atoms with Gasteiger partial charge < -0.3 is 14.6 Å². The fraction of sp³-hybridized carbons (Fsp3) is 0.222. The lowest BCUT2D eigenvalue weighted by atomic mass is 10.1. The number of benzene rings is 2. The second kappa shape index (κ2) is 7.98. The summed E-state index contributed by atoms with van der Waals surface area (Å²) in [4.78, 5) is 0. The van der Waals surface area contributed by atoms with E-state index < -0.39 is 0 Å². The van der Waals surface area contributed by atoms with Gasteiger partial charge in [0.1, 0.15) is 18.1 Å². The van der Waals surface area contributed by atoms with Crippen molar-refractivity contribution in [3.63, 3.8) is 0 Å². The van der Waals surface area contributed by atoms with Crippen LogP contribution < -0.4 is 9.47 Å². The molecule has 21 heavy (non-hydrogen) atoms. The van der Waals surface area contributed by atoms with Crippen LogP contribution in [0.25, 0.3) is 0 Å². The van der Waals surface area contributed by atoms with Crippen molar-refractivity contribution in [3.8, 4) is 23.3 Å². The number of aliphatic hydroxyl groups is 1. The monoisotopic (exact) mass is 282 g/mol. The first-order valence-electron chi connectivity index (χ1n) is 6.77. The van der Waals surface area contributed by atoms with Gasteiger partial charge in [0, 0.05) is 12.0 Å². The van der Waals surface area contributed by atoms with E-state index in [-0.39, 0.29) is 6.61 Å². The SMILES string of the molecule is COc1ccc(OCc2ccc(C#CCCO)cc2)cc1. The minimum Gasteiger partial charge on any atom is -0.497 e. The van der Waals surface area contributed by atoms with Gasteiger partial charge >= 0.3 is 0 Å². The number of aliphatic hydroxyl groups excluding tert-OH is 1. The number of hydrogen-bond acceptors (Lipinski definition) is 3. The van der Waals surface area contributed by atoms with Crippen LogP contribution >= 0.6 is 0 Å². The molecule has 3 nitrogen and oxygen atoms in total. The summed E-state index contributed by atoms with van der Waals surface area (Å²) in [7, 11) is 1.64. The molecule has 2 aromatic carbocycles. The van der Waals surface area contributed by atoms with Gasteiger partial charge in [0.05, 0.1) is 13.7 Å². The molecule has 0 spiro atoms. The van der Waals surface area contributed by atoms with E-state index in [4.69, 9.17) is 14.6 Å². The van der Waals surface area contributed by atoms with Crippen LogP contribution in [0, 0.1) is 11.8 Å². The van der Waals surface area contributed by atoms with Gasteiger partial charge in [-0.25, -0.2) is 0 Å². The minimum absolute atomic E-state index is 0.0980. The van der Waals surface area contributed by atoms with E-state index in [1.807, 2.05) is 48.5 Å². The Hall–Kier alpha value is -2.44. The molecule has 0 unspecified atom stereocenters. The summed E-state index contributed by atoms with van der Waals surface area (Å²) in [6.45, 7) is 0.609. The Morgan fingerprint density at radius 2 is 1.62 bits per heavy atom. The van der Waals surface area contributed by atoms with Crippen LogP contribution in [-0.2, 0) is 6.61 Å². The molecule has 0 fully saturated rings. The third-order valence-corrected chi connectivity index (χ3v) is 2.89. The van der Waals surface area contributed by atoms with Crippen LogP contribution in [0.3, 0.4) is 0 Å². The Labute approximate surface area is 125 Å². The first-order valence-corrected chi connectivity index (χ1v) is 6.77. The average molecular weight is 282 g/mol. The van der Waals surface area contributed by atoms with Gasteiger partial charge in [0.25, 0.3) is 0 Å². The van der Waals surface area contributed by atoms with Crippen LogP contribution in [-0.4, -0.2) is 18.8 Å². The van der Waals surface area contributed by atoms with Crippen LogP contribution in [0.1, 0.15) is 17.5 Å². The molecule has 0 aliphatic rings. The molecule has 0 aromatic heterocycles. The highest BCUT2D eigenvalue weighted by Crippen LogP contribution is 2.18. The summed E-state index contributed by atoms with van der Waals surface area (Å²) in [5.41, 5.74) is 2.02. The third-order valence-electron chi connectivity index (χ3n) is 2.89. The minimum atomic E-state index is 0.0980. The fourth-order valence-corrected chi connectivity index (χ4v) is 1.74. The van der Waals surface area contributed by atoms with E-state index >= 15 is 0 Å². The number of ether oxygens (including phenoxy) is 2. The molecule has 108 valence electrons. The Morgan fingerprint density at radius 1 is 0.952 bits per heavy atom. The maximum Gasteiger partial charge on any atom is 0.120 e. The van der Waals surface area contributed by atoms with E-state index in [0.717, 1.165) is 22.6 Å². The molecule has 0 bridgehead atoms. The molecule has 2 aromatic rings. The van der Waals surface area contributed by atoms with Gasteiger partial charge in [0.15, 0.2) is 0 Å². The average Bonchev–Trinajstić information content (AvgIpc) is 2.55. The molecule has 0 saturated carbocycles. The number of hydrogen-bond donors (Lipinski definition) is 1. The van der Waals surface area contributed by atoms with E-state index in [1.54, 1.807) is 7.11 Å². The highest BCUT2D eigenvalue weighted by molar-refractivity contribution is 5.36. The summed E-state index contributed by atoms with van der Waals surface area (Å²) in [5.74, 6) is 7.51. The van der Waals surface area contributed by atoms with Gasteiger partial charge in [0.2, 0.25) is 0 Å². The highest BCUT2D eigenvalue weighted by Gasteiger charge is 1.97. The molecule has 0 aliphatic heterocycles. The van der Waals surface area contributed by atoms with Gasteiger partial charge in [-0.1, -0.05) is 24.0 Å². The topological polar surface area (TPSA) is 38.7 Å². The molecule has 0 radical (unpaired) electrons. The summed E-state index contributed by atoms with van der Waals surface area (Å²) in [5, 5.41) is 8.67. The quantitative estimate of drug-likeness (QED) is 0.857. The van der Waals surface area contributed by atoms with E-state index in [9.17, 15) is 0 Å². The Kier molecular flexibility index (Phi) is 5.69. The highest BCUT2D eigenvalue weighted by atomic mass is 16.5. The number of rotatable bonds is 5. The molecular formula is C18H18O3. The molecule has 1 N–H and O–H groups in total. The maximum atomic E-state index is 8.67. The fourth-order valence-electron chi connectivity index (χ4n) is 1.74. The van der Waals surface area contributed by atoms with Crippen molar-refractivity contribution in [3.05, 3.63) is 59.7 Å². The van der Waals surface area contributed by atoms with Crippen LogP contribution in [0.15, 0.2) is 48.5 Å². The molecule has 2 rings (SSSR count). The van der Waals surface area contributed by atoms with Crippen molar-refractivity contribution in [2.45, 2.75) is 13.0 Å². The summed E-state index contributed by atoms with van der Waals surface area (Å²) >= 11 is 0. The third kappa shape index (κ3) is 4.87. The van der Waals surface area contributed by atoms with E-state index in [0.29, 0.717) is 13.0 Å². The lowest BCUT2D eigenvalue weighted by Gasteiger charge is -2.07. The zero-order valence-electron chi connectivity index (χ0n) is 12.0. The van der Waals surface area contributed by atoms with Crippen molar-refractivity contribution in [2.24, 2.45) is 0 Å². The molecule has 0 heterocycles. The lowest BCUT2D eigenvalue weighted by molar-refractivity contribution is 0.305. The Bertz CT molecular complexity index is 604. The molecule has 0 aliphatic carbocycles. The summed E-state index contributed by atoms with van der Waals surface area (Å²) < 4.78 is 10.8. The van der Waals surface area contributed by atoms with Gasteiger partial charge in [-0.3, -0.25) is 0 Å². The second-order valence-corrected chi connectivity index (χ2v) is 4.44. The van der Waals surface area contributed by atoms with Crippen molar-refractivity contribution >= 4 is 0 Å². The van der Waals surface area contributed by atoms with Gasteiger partial charge in [-0.05, 0) is 42.0 Å². The smallest absolute Gasteiger partial charge is 0.120 e. The van der Waals surface area contributed by atoms with E-state index in [2.05, 4.69) is 11.8 Å². The first kappa shape index (κ1) is 15.0. The first-order chi connectivity index (χ1) is 10.3. The lowest BCUT2D eigenvalue weighted by Crippen LogP contribution is -1.95. The van der Waals surface area contributed by atoms with Crippen molar-refractivity contribution in [1.29, 1.82) is 0 Å². The van der Waals surface area contributed by atoms with Crippen LogP contribution in [0.5, 0.6) is 11.5 Å². The molecule has 0 saturated heterocycles. The Morgan fingerprint density at radius 3 is 2.24 bits per heavy atom. The number of methoxy groups -OCH3 is 1. The zero-order chi connectivity index (χ0) is 14.9. The van der Waals surface area contributed by atoms with Crippen molar-refractivity contribution in [2.75, 3.05) is 13.7 Å². The zero-order valence-corrected chi connectivity index (χ0v) is 12.0. The predicted octanol–water partition coefficient (Wildman–Crippen LogP) is 3.01. The maximum absolute atomic E-state index is 8.67. The standard InChI is InChI=1S/C18H18O3/c1-20-17-9-11-18(12-10-17)21-14-16-7-5-15(6-8-16)4-2-3-13-19/h5-12,19H,3,13-14H2,1H3. The van der Waals surface area contributed by atoms with Gasteiger partial charge in [-0.15, -0.1) is 0 Å².